The number of H-pyrrole nitrogens is 3. The van der Waals surface area contributed by atoms with Gasteiger partial charge in [0.05, 0.1) is 63.4 Å². The molecule has 93 heavy (non-hydrogen) atoms. The summed E-state index contributed by atoms with van der Waals surface area (Å²) < 4.78 is 2.12. The predicted molar refractivity (Wildman–Crippen MR) is 351 cm³/mol. The van der Waals surface area contributed by atoms with Crippen LogP contribution in [0.15, 0.2) is 162 Å². The van der Waals surface area contributed by atoms with Crippen LogP contribution in [-0.4, -0.2) is 152 Å². The molecule has 10 rings (SSSR count). The maximum absolute atomic E-state index is 12.1. The minimum Gasteiger partial charge on any atom is -0.507 e. The lowest BCUT2D eigenvalue weighted by atomic mass is 10.1. The average Bonchev–Trinajstić information content (AvgIpc) is 2.01. The van der Waals surface area contributed by atoms with Gasteiger partial charge in [-0.25, -0.2) is 19.9 Å². The van der Waals surface area contributed by atoms with Gasteiger partial charge in [-0.15, -0.1) is 30.6 Å². The molecule has 7 aromatic heterocycles. The van der Waals surface area contributed by atoms with Crippen LogP contribution in [0.5, 0.6) is 17.2 Å². The molecular weight excluding hydrogens is 1430 g/mol. The molecule has 0 amide bonds. The van der Waals surface area contributed by atoms with Crippen LogP contribution >= 0.6 is 59.4 Å². The van der Waals surface area contributed by atoms with Crippen molar-refractivity contribution in [2.45, 2.75) is 20.8 Å². The van der Waals surface area contributed by atoms with Gasteiger partial charge in [-0.05, 0) is 113 Å². The number of aromatic hydroxyl groups is 3. The van der Waals surface area contributed by atoms with Crippen molar-refractivity contribution in [2.75, 3.05) is 59.3 Å². The number of para-hydroxylation sites is 2. The first-order valence-electron chi connectivity index (χ1n) is 26.7. The Morgan fingerprint density at radius 3 is 1.11 bits per heavy atom. The molecule has 0 radical (unpaired) electrons. The molecule has 0 fully saturated rings. The highest BCUT2D eigenvalue weighted by atomic mass is 79.9. The molecule has 0 atom stereocenters. The van der Waals surface area contributed by atoms with E-state index in [0.717, 1.165) is 8.95 Å². The topological polar surface area (TPSA) is 459 Å². The highest BCUT2D eigenvalue weighted by Crippen LogP contribution is 2.31. The van der Waals surface area contributed by atoms with Crippen LogP contribution in [0.1, 0.15) is 69.1 Å². The van der Waals surface area contributed by atoms with E-state index in [0.29, 0.717) is 27.8 Å². The lowest BCUT2D eigenvalue weighted by Gasteiger charge is -2.07. The zero-order valence-electron chi connectivity index (χ0n) is 48.7. The molecule has 0 saturated heterocycles. The molecule has 0 bridgehead atoms. The number of benzene rings is 3. The summed E-state index contributed by atoms with van der Waals surface area (Å²) in [7, 11) is 0. The number of hydrogen-bond acceptors (Lipinski definition) is 28. The van der Waals surface area contributed by atoms with Crippen molar-refractivity contribution < 1.29 is 39.3 Å². The maximum atomic E-state index is 12.1. The number of nitrogens with one attached hydrogen (secondary N) is 8. The number of phenolic OH excluding ortho intramolecular Hbond substituents is 3. The Morgan fingerprint density at radius 2 is 0.753 bits per heavy atom. The Bertz CT molecular complexity index is 4390. The number of ketones is 5. The number of hydrogen-bond donors (Lipinski definition) is 11. The van der Waals surface area contributed by atoms with E-state index in [2.05, 4.69) is 150 Å². The van der Waals surface area contributed by atoms with Gasteiger partial charge in [0.2, 0.25) is 29.7 Å². The number of aromatic nitrogens is 15. The number of phenols is 3. The van der Waals surface area contributed by atoms with E-state index < -0.39 is 11.3 Å². The summed E-state index contributed by atoms with van der Waals surface area (Å²) in [6.45, 7) is 4.45. The zero-order chi connectivity index (χ0) is 67.4. The van der Waals surface area contributed by atoms with Crippen LogP contribution in [-0.2, 0) is 0 Å². The summed E-state index contributed by atoms with van der Waals surface area (Å²) in [4.78, 5) is 124. The first-order chi connectivity index (χ1) is 44.5. The van der Waals surface area contributed by atoms with E-state index in [1.54, 1.807) is 111 Å². The normalized spacial score (nSPS) is 10.1. The Balaban J connectivity index is 0.000000185. The van der Waals surface area contributed by atoms with Crippen molar-refractivity contribution in [1.29, 1.82) is 0 Å². The van der Waals surface area contributed by atoms with Crippen LogP contribution in [0.25, 0.3) is 0 Å². The maximum Gasteiger partial charge on any atom is 0.273 e. The van der Waals surface area contributed by atoms with Gasteiger partial charge in [0, 0.05) is 41.7 Å². The van der Waals surface area contributed by atoms with Crippen molar-refractivity contribution in [2.24, 2.45) is 0 Å². The monoisotopic (exact) mass is 1480 g/mol. The number of pyridine rings is 2. The third kappa shape index (κ3) is 23.4. The van der Waals surface area contributed by atoms with Gasteiger partial charge in [-0.3, -0.25) is 63.3 Å². The van der Waals surface area contributed by atoms with Crippen LogP contribution in [0, 0.1) is 20.8 Å². The van der Waals surface area contributed by atoms with Crippen molar-refractivity contribution in [3.8, 4) is 17.2 Å². The molecule has 3 aromatic carbocycles. The minimum absolute atomic E-state index is 0.00923. The van der Waals surface area contributed by atoms with Crippen LogP contribution in [0.3, 0.4) is 0 Å². The molecule has 0 saturated carbocycles. The Labute approximate surface area is 555 Å². The number of aryl methyl sites for hydroxylation is 3. The third-order valence-corrected chi connectivity index (χ3v) is 13.1. The van der Waals surface area contributed by atoms with Gasteiger partial charge in [0.25, 0.3) is 16.7 Å². The molecule has 0 aliphatic heterocycles. The summed E-state index contributed by atoms with van der Waals surface area (Å²) in [5.41, 5.74) is 0.976. The van der Waals surface area contributed by atoms with E-state index in [9.17, 15) is 53.7 Å². The standard InChI is InChI=1S/C12H10BrClN4O3.C12H10BrN3O2.C12H12N4O3.C11H9BrN4O.C11H11N5O2/c1-5-11(21)16-12(18-17-5)15-4-9(19)7-2-6(13)3-8(14)10(7)20;13-8-5-14-12(15-6-8)16-7-11(18)9-3-1-2-4-10(9)17;1-7-11(19)14-12(16-15-7)13-6-10(18)8-4-2-3-5-9(8)17;12-8-5-14-11(15-6-8)16-7-10(17)9-3-1-2-4-13-9;1-7-10(18)14-11(16-15-7)13-6-9(17)8-4-2-3-5-12-8/h2-3,20H,4H2,1H3,(H2,15,16,18,21);1-6,17H,7H2,(H,14,15,16);2-5,17H,6H2,1H3,(H2,13,14,16,19);1-6H,7H2,(H,14,15,16);2-5H,6H2,1H3,(H2,13,14,16,18). The van der Waals surface area contributed by atoms with Gasteiger partial charge < -0.3 is 41.9 Å². The Kier molecular flexibility index (Phi) is 27.5. The minimum atomic E-state index is -0.418. The van der Waals surface area contributed by atoms with Crippen LogP contribution < -0.4 is 43.3 Å². The zero-order valence-corrected chi connectivity index (χ0v) is 54.2. The van der Waals surface area contributed by atoms with Crippen molar-refractivity contribution in [3.63, 3.8) is 0 Å². The van der Waals surface area contributed by atoms with E-state index in [1.165, 1.54) is 44.2 Å². The summed E-state index contributed by atoms with van der Waals surface area (Å²) in [6.07, 6.45) is 9.52. The molecule has 0 aliphatic carbocycles. The number of nitrogens with zero attached hydrogens (tertiary/aromatic N) is 12. The number of carbonyl (C=O) groups excluding carboxylic acids is 5. The summed E-state index contributed by atoms with van der Waals surface area (Å²) >= 11 is 15.4. The number of halogens is 4. The number of aromatic amines is 3. The van der Waals surface area contributed by atoms with Gasteiger partial charge in [-0.2, -0.15) is 0 Å². The average molecular weight is 1480 g/mol. The summed E-state index contributed by atoms with van der Waals surface area (Å²) in [5, 5.41) is 64.5. The van der Waals surface area contributed by atoms with Gasteiger partial charge in [-0.1, -0.05) is 63.9 Å². The highest BCUT2D eigenvalue weighted by molar-refractivity contribution is 9.11. The number of carbonyl (C=O) groups is 5. The van der Waals surface area contributed by atoms with Crippen LogP contribution in [0.2, 0.25) is 5.02 Å². The molecule has 35 heteroatoms. The van der Waals surface area contributed by atoms with Crippen molar-refractivity contribution >= 4 is 118 Å². The smallest absolute Gasteiger partial charge is 0.273 e. The largest absolute Gasteiger partial charge is 0.507 e. The van der Waals surface area contributed by atoms with E-state index in [-0.39, 0.29) is 141 Å². The Hall–Kier alpha value is -11.0. The third-order valence-electron chi connectivity index (χ3n) is 11.5. The van der Waals surface area contributed by atoms with E-state index in [4.69, 9.17) is 11.6 Å². The molecule has 11 N–H and O–H groups in total. The molecule has 7 heterocycles. The van der Waals surface area contributed by atoms with E-state index >= 15 is 0 Å². The molecule has 0 spiro atoms. The van der Waals surface area contributed by atoms with E-state index in [1.807, 2.05) is 0 Å². The number of anilines is 5. The fraction of sp³-hybridized carbons (Fsp3) is 0.138. The van der Waals surface area contributed by atoms with Crippen LogP contribution in [0.4, 0.5) is 29.7 Å². The first kappa shape index (κ1) is 71.1. The summed E-state index contributed by atoms with van der Waals surface area (Å²) in [5.74, 6) is -0.544. The second kappa shape index (κ2) is 36.0. The molecular formula is C58H52Br3ClN20O11. The number of rotatable bonds is 20. The molecule has 31 nitrogen and oxygen atoms in total. The fourth-order valence-corrected chi connectivity index (χ4v) is 7.97. The Morgan fingerprint density at radius 1 is 0.419 bits per heavy atom. The van der Waals surface area contributed by atoms with Gasteiger partial charge >= 0.3 is 0 Å². The number of Topliss-reactive ketones (excluding diaryl/α,β-unsaturated/α-hetero) is 5. The predicted octanol–water partition coefficient (Wildman–Crippen LogP) is 6.69. The quantitative estimate of drug-likeness (QED) is 0.0354. The van der Waals surface area contributed by atoms with Crippen molar-refractivity contribution in [1.82, 2.24) is 75.4 Å². The molecule has 478 valence electrons. The first-order valence-corrected chi connectivity index (χ1v) is 29.5. The molecule has 0 aliphatic rings. The lowest BCUT2D eigenvalue weighted by molar-refractivity contribution is 0.0993. The lowest BCUT2D eigenvalue weighted by Crippen LogP contribution is -2.21. The SMILES string of the molecule is Cc1nnc(NCC(=O)c2cc(Br)cc(Cl)c2O)[nH]c1=O.Cc1nnc(NCC(=O)c2ccccc2O)[nH]c1=O.Cc1nnc(NCC(=O)c2ccccn2)[nH]c1=O.O=C(CNc1ncc(Br)cn1)c1ccccc1O.O=C(CNc1ncc(Br)cn1)c1ccccn1. The molecule has 0 unspecified atom stereocenters. The molecule has 10 aromatic rings. The van der Waals surface area contributed by atoms with Crippen molar-refractivity contribution in [3.05, 3.63) is 229 Å². The fourth-order valence-electron chi connectivity index (χ4n) is 6.76. The second-order valence-corrected chi connectivity index (χ2v) is 21.5. The summed E-state index contributed by atoms with van der Waals surface area (Å²) in [6, 6.07) is 25.9. The highest BCUT2D eigenvalue weighted by Gasteiger charge is 2.17. The second-order valence-electron chi connectivity index (χ2n) is 18.3. The van der Waals surface area contributed by atoms with Gasteiger partial charge in [0.1, 0.15) is 45.7 Å². The van der Waals surface area contributed by atoms with Gasteiger partial charge in [0.15, 0.2) is 28.9 Å².